The van der Waals surface area contributed by atoms with Crippen LogP contribution in [0.4, 0.5) is 5.69 Å². The zero-order valence-corrected chi connectivity index (χ0v) is 10.3. The van der Waals surface area contributed by atoms with Gasteiger partial charge < -0.3 is 5.32 Å². The Labute approximate surface area is 92.4 Å². The lowest BCUT2D eigenvalue weighted by molar-refractivity contribution is 1.22. The molecule has 0 heterocycles. The third-order valence-electron chi connectivity index (χ3n) is 1.68. The van der Waals surface area contributed by atoms with Crippen LogP contribution >= 0.6 is 27.7 Å². The van der Waals surface area contributed by atoms with Crippen molar-refractivity contribution in [2.24, 2.45) is 0 Å². The zero-order valence-electron chi connectivity index (χ0n) is 7.93. The van der Waals surface area contributed by atoms with Crippen LogP contribution in [0, 0.1) is 6.92 Å². The zero-order chi connectivity index (χ0) is 9.68. The number of hydrogen-bond donors (Lipinski definition) is 1. The van der Waals surface area contributed by atoms with E-state index in [1.54, 1.807) is 0 Å². The Morgan fingerprint density at radius 2 is 2.15 bits per heavy atom. The Morgan fingerprint density at radius 1 is 1.38 bits per heavy atom. The molecule has 0 unspecified atom stereocenters. The van der Waals surface area contributed by atoms with Crippen molar-refractivity contribution in [3.8, 4) is 0 Å². The van der Waals surface area contributed by atoms with Crippen LogP contribution < -0.4 is 5.32 Å². The molecule has 72 valence electrons. The maximum atomic E-state index is 3.48. The van der Waals surface area contributed by atoms with E-state index in [9.17, 15) is 0 Å². The first-order valence-electron chi connectivity index (χ1n) is 4.22. The van der Waals surface area contributed by atoms with Crippen LogP contribution in [0.5, 0.6) is 0 Å². The van der Waals surface area contributed by atoms with E-state index in [1.165, 1.54) is 11.3 Å². The molecule has 0 radical (unpaired) electrons. The second-order valence-electron chi connectivity index (χ2n) is 2.94. The summed E-state index contributed by atoms with van der Waals surface area (Å²) in [4.78, 5) is 0. The maximum absolute atomic E-state index is 3.48. The maximum Gasteiger partial charge on any atom is 0.0354 e. The predicted molar refractivity (Wildman–Crippen MR) is 65.8 cm³/mol. The van der Waals surface area contributed by atoms with Gasteiger partial charge in [0.2, 0.25) is 0 Å². The van der Waals surface area contributed by atoms with Crippen LogP contribution in [0.3, 0.4) is 0 Å². The van der Waals surface area contributed by atoms with Gasteiger partial charge in [0.15, 0.2) is 0 Å². The molecule has 1 N–H and O–H groups in total. The predicted octanol–water partition coefficient (Wildman–Crippen LogP) is 3.53. The minimum absolute atomic E-state index is 1.02. The highest BCUT2D eigenvalue weighted by molar-refractivity contribution is 9.10. The molecule has 1 aromatic rings. The average Bonchev–Trinajstić information content (AvgIpc) is 2.03. The Kier molecular flexibility index (Phi) is 4.67. The molecule has 0 saturated carbocycles. The van der Waals surface area contributed by atoms with E-state index in [0.717, 1.165) is 16.8 Å². The molecule has 0 atom stereocenters. The molecule has 0 bridgehead atoms. The monoisotopic (exact) mass is 259 g/mol. The van der Waals surface area contributed by atoms with E-state index in [2.05, 4.69) is 52.6 Å². The number of benzene rings is 1. The summed E-state index contributed by atoms with van der Waals surface area (Å²) >= 11 is 5.33. The molecule has 1 nitrogen and oxygen atoms in total. The van der Waals surface area contributed by atoms with E-state index < -0.39 is 0 Å². The van der Waals surface area contributed by atoms with Crippen molar-refractivity contribution < 1.29 is 0 Å². The highest BCUT2D eigenvalue weighted by atomic mass is 79.9. The number of aryl methyl sites for hydroxylation is 1. The van der Waals surface area contributed by atoms with Gasteiger partial charge >= 0.3 is 0 Å². The van der Waals surface area contributed by atoms with E-state index in [0.29, 0.717) is 0 Å². The fraction of sp³-hybridized carbons (Fsp3) is 0.400. The van der Waals surface area contributed by atoms with Gasteiger partial charge in [0.1, 0.15) is 0 Å². The highest BCUT2D eigenvalue weighted by Crippen LogP contribution is 2.18. The van der Waals surface area contributed by atoms with Gasteiger partial charge in [0.25, 0.3) is 0 Å². The van der Waals surface area contributed by atoms with Crippen molar-refractivity contribution in [1.29, 1.82) is 0 Å². The highest BCUT2D eigenvalue weighted by Gasteiger charge is 1.94. The van der Waals surface area contributed by atoms with Gasteiger partial charge in [-0.1, -0.05) is 15.9 Å². The van der Waals surface area contributed by atoms with Crippen LogP contribution in [0.1, 0.15) is 5.56 Å². The first kappa shape index (κ1) is 10.9. The molecule has 0 fully saturated rings. The second-order valence-corrected chi connectivity index (χ2v) is 4.84. The molecule has 1 aromatic carbocycles. The molecule has 0 aliphatic rings. The Balaban J connectivity index is 2.56. The van der Waals surface area contributed by atoms with Gasteiger partial charge in [0, 0.05) is 22.5 Å². The van der Waals surface area contributed by atoms with Crippen molar-refractivity contribution in [3.05, 3.63) is 28.2 Å². The molecule has 0 saturated heterocycles. The van der Waals surface area contributed by atoms with E-state index in [4.69, 9.17) is 0 Å². The summed E-state index contributed by atoms with van der Waals surface area (Å²) in [5.74, 6) is 1.14. The molecular weight excluding hydrogens is 246 g/mol. The second kappa shape index (κ2) is 5.55. The van der Waals surface area contributed by atoms with Crippen molar-refractivity contribution in [2.75, 3.05) is 23.9 Å². The molecule has 0 aliphatic heterocycles. The summed E-state index contributed by atoms with van der Waals surface area (Å²) < 4.78 is 1.14. The fourth-order valence-corrected chi connectivity index (χ4v) is 2.05. The van der Waals surface area contributed by atoms with E-state index >= 15 is 0 Å². The Bertz CT molecular complexity index is 255. The lowest BCUT2D eigenvalue weighted by Crippen LogP contribution is -2.03. The van der Waals surface area contributed by atoms with Crippen molar-refractivity contribution in [1.82, 2.24) is 0 Å². The number of nitrogens with one attached hydrogen (secondary N) is 1. The minimum atomic E-state index is 1.02. The van der Waals surface area contributed by atoms with E-state index in [1.807, 2.05) is 11.8 Å². The molecule has 0 aliphatic carbocycles. The Hall–Kier alpha value is -0.150. The third kappa shape index (κ3) is 4.05. The van der Waals surface area contributed by atoms with Crippen molar-refractivity contribution >= 4 is 33.4 Å². The van der Waals surface area contributed by atoms with Gasteiger partial charge in [-0.05, 0) is 36.9 Å². The van der Waals surface area contributed by atoms with Gasteiger partial charge in [0.05, 0.1) is 0 Å². The summed E-state index contributed by atoms with van der Waals surface area (Å²) in [5, 5.41) is 3.38. The third-order valence-corrected chi connectivity index (χ3v) is 2.75. The fourth-order valence-electron chi connectivity index (χ4n) is 1.14. The number of anilines is 1. The van der Waals surface area contributed by atoms with Gasteiger partial charge in [-0.15, -0.1) is 0 Å². The summed E-state index contributed by atoms with van der Waals surface area (Å²) in [6, 6.07) is 6.37. The quantitative estimate of drug-likeness (QED) is 0.831. The van der Waals surface area contributed by atoms with Crippen molar-refractivity contribution in [3.63, 3.8) is 0 Å². The molecule has 0 aromatic heterocycles. The molecule has 0 spiro atoms. The van der Waals surface area contributed by atoms with Gasteiger partial charge in [-0.3, -0.25) is 0 Å². The summed E-state index contributed by atoms with van der Waals surface area (Å²) in [6.45, 7) is 3.13. The lowest BCUT2D eigenvalue weighted by Gasteiger charge is -2.06. The summed E-state index contributed by atoms with van der Waals surface area (Å²) in [6.07, 6.45) is 2.12. The average molecular weight is 260 g/mol. The molecule has 3 heteroatoms. The standard InChI is InChI=1S/C10H14BrNS/c1-8-5-9(11)7-10(6-8)12-3-4-13-2/h5-7,12H,3-4H2,1-2H3. The molecule has 1 rings (SSSR count). The van der Waals surface area contributed by atoms with Gasteiger partial charge in [-0.2, -0.15) is 11.8 Å². The SMILES string of the molecule is CSCCNc1cc(C)cc(Br)c1. The summed E-state index contributed by atoms with van der Waals surface area (Å²) in [7, 11) is 0. The smallest absolute Gasteiger partial charge is 0.0354 e. The van der Waals surface area contributed by atoms with Crippen LogP contribution in [0.15, 0.2) is 22.7 Å². The molecule has 0 amide bonds. The van der Waals surface area contributed by atoms with Gasteiger partial charge in [-0.25, -0.2) is 0 Å². The van der Waals surface area contributed by atoms with Crippen molar-refractivity contribution in [2.45, 2.75) is 6.92 Å². The number of rotatable bonds is 4. The summed E-state index contributed by atoms with van der Waals surface area (Å²) in [5.41, 5.74) is 2.47. The first-order valence-corrected chi connectivity index (χ1v) is 6.41. The minimum Gasteiger partial charge on any atom is -0.384 e. The van der Waals surface area contributed by atoms with E-state index in [-0.39, 0.29) is 0 Å². The topological polar surface area (TPSA) is 12.0 Å². The normalized spacial score (nSPS) is 10.1. The number of halogens is 1. The van der Waals surface area contributed by atoms with Crippen LogP contribution in [0.25, 0.3) is 0 Å². The first-order chi connectivity index (χ1) is 6.22. The largest absolute Gasteiger partial charge is 0.384 e. The van der Waals surface area contributed by atoms with Crippen LogP contribution in [0.2, 0.25) is 0 Å². The molecular formula is C10H14BrNS. The molecule has 13 heavy (non-hydrogen) atoms. The number of thioether (sulfide) groups is 1. The Morgan fingerprint density at radius 3 is 2.77 bits per heavy atom. The lowest BCUT2D eigenvalue weighted by atomic mass is 10.2. The number of hydrogen-bond acceptors (Lipinski definition) is 2. The van der Waals surface area contributed by atoms with Crippen LogP contribution in [-0.2, 0) is 0 Å². The van der Waals surface area contributed by atoms with Crippen LogP contribution in [-0.4, -0.2) is 18.6 Å².